The molecular weight excluding hydrogens is 264 g/mol. The standard InChI is InChI=1S/C13H21BrN2/c1-4-9(2)7-10(3)16-13-6-5-11(14)8-12(13)15/h5-6,8-10,16H,4,7,15H2,1-3H3. The van der Waals surface area contributed by atoms with Gasteiger partial charge in [-0.2, -0.15) is 0 Å². The quantitative estimate of drug-likeness (QED) is 0.793. The fraction of sp³-hybridized carbons (Fsp3) is 0.538. The second-order valence-electron chi connectivity index (χ2n) is 4.53. The molecule has 3 N–H and O–H groups in total. The molecule has 0 bridgehead atoms. The molecule has 2 nitrogen and oxygen atoms in total. The van der Waals surface area contributed by atoms with Crippen molar-refractivity contribution in [1.29, 1.82) is 0 Å². The van der Waals surface area contributed by atoms with E-state index < -0.39 is 0 Å². The SMILES string of the molecule is CCC(C)CC(C)Nc1ccc(Br)cc1N. The van der Waals surface area contributed by atoms with E-state index in [4.69, 9.17) is 5.73 Å². The van der Waals surface area contributed by atoms with Gasteiger partial charge < -0.3 is 11.1 Å². The molecule has 0 aliphatic carbocycles. The van der Waals surface area contributed by atoms with Crippen LogP contribution in [0.5, 0.6) is 0 Å². The first-order valence-electron chi connectivity index (χ1n) is 5.84. The van der Waals surface area contributed by atoms with E-state index in [0.29, 0.717) is 6.04 Å². The van der Waals surface area contributed by atoms with Crippen molar-refractivity contribution in [2.75, 3.05) is 11.1 Å². The lowest BCUT2D eigenvalue weighted by molar-refractivity contribution is 0.484. The maximum atomic E-state index is 5.94. The molecule has 0 fully saturated rings. The first kappa shape index (κ1) is 13.4. The molecule has 0 saturated carbocycles. The average molecular weight is 285 g/mol. The van der Waals surface area contributed by atoms with Crippen LogP contribution in [0.4, 0.5) is 11.4 Å². The average Bonchev–Trinajstić information content (AvgIpc) is 2.22. The van der Waals surface area contributed by atoms with E-state index in [1.165, 1.54) is 12.8 Å². The molecule has 0 aliphatic rings. The molecule has 1 rings (SSSR count). The van der Waals surface area contributed by atoms with Crippen LogP contribution in [0.1, 0.15) is 33.6 Å². The lowest BCUT2D eigenvalue weighted by Gasteiger charge is -2.19. The second-order valence-corrected chi connectivity index (χ2v) is 5.44. The molecule has 90 valence electrons. The van der Waals surface area contributed by atoms with Gasteiger partial charge >= 0.3 is 0 Å². The highest BCUT2D eigenvalue weighted by molar-refractivity contribution is 9.10. The van der Waals surface area contributed by atoms with Crippen LogP contribution in [0.25, 0.3) is 0 Å². The molecular formula is C13H21BrN2. The molecule has 2 atom stereocenters. The summed E-state index contributed by atoms with van der Waals surface area (Å²) in [5.41, 5.74) is 7.76. The van der Waals surface area contributed by atoms with Gasteiger partial charge in [-0.25, -0.2) is 0 Å². The summed E-state index contributed by atoms with van der Waals surface area (Å²) in [5, 5.41) is 3.46. The Morgan fingerprint density at radius 1 is 1.38 bits per heavy atom. The van der Waals surface area contributed by atoms with Crippen molar-refractivity contribution in [1.82, 2.24) is 0 Å². The Bertz CT molecular complexity index is 339. The number of anilines is 2. The number of nitrogens with two attached hydrogens (primary N) is 1. The second kappa shape index (κ2) is 6.14. The van der Waals surface area contributed by atoms with Crippen LogP contribution in [-0.2, 0) is 0 Å². The van der Waals surface area contributed by atoms with E-state index in [1.54, 1.807) is 0 Å². The predicted molar refractivity (Wildman–Crippen MR) is 75.7 cm³/mol. The van der Waals surface area contributed by atoms with Crippen molar-refractivity contribution in [3.8, 4) is 0 Å². The summed E-state index contributed by atoms with van der Waals surface area (Å²) >= 11 is 3.41. The number of nitrogen functional groups attached to an aromatic ring is 1. The third-order valence-corrected chi connectivity index (χ3v) is 3.36. The van der Waals surface area contributed by atoms with Crippen LogP contribution in [0.15, 0.2) is 22.7 Å². The lowest BCUT2D eigenvalue weighted by Crippen LogP contribution is -2.18. The fourth-order valence-corrected chi connectivity index (χ4v) is 2.14. The largest absolute Gasteiger partial charge is 0.397 e. The number of rotatable bonds is 5. The number of benzene rings is 1. The summed E-state index contributed by atoms with van der Waals surface area (Å²) in [7, 11) is 0. The minimum atomic E-state index is 0.457. The van der Waals surface area contributed by atoms with E-state index >= 15 is 0 Å². The predicted octanol–water partition coefficient (Wildman–Crippen LogP) is 4.27. The van der Waals surface area contributed by atoms with Gasteiger partial charge in [0, 0.05) is 10.5 Å². The molecule has 0 amide bonds. The molecule has 0 aliphatic heterocycles. The zero-order valence-electron chi connectivity index (χ0n) is 10.3. The van der Waals surface area contributed by atoms with E-state index in [1.807, 2.05) is 18.2 Å². The molecule has 1 aromatic carbocycles. The van der Waals surface area contributed by atoms with Crippen LogP contribution >= 0.6 is 15.9 Å². The lowest BCUT2D eigenvalue weighted by atomic mass is 10.0. The number of halogens is 1. The van der Waals surface area contributed by atoms with Gasteiger partial charge in [-0.1, -0.05) is 36.2 Å². The zero-order chi connectivity index (χ0) is 12.1. The van der Waals surface area contributed by atoms with Crippen LogP contribution in [0, 0.1) is 5.92 Å². The Morgan fingerprint density at radius 3 is 2.62 bits per heavy atom. The van der Waals surface area contributed by atoms with E-state index in [2.05, 4.69) is 42.0 Å². The molecule has 0 saturated heterocycles. The first-order valence-corrected chi connectivity index (χ1v) is 6.63. The highest BCUT2D eigenvalue weighted by Gasteiger charge is 2.08. The van der Waals surface area contributed by atoms with Crippen LogP contribution < -0.4 is 11.1 Å². The Labute approximate surface area is 107 Å². The first-order chi connectivity index (χ1) is 7.52. The third-order valence-electron chi connectivity index (χ3n) is 2.87. The van der Waals surface area contributed by atoms with Crippen molar-refractivity contribution >= 4 is 27.3 Å². The molecule has 0 spiro atoms. The van der Waals surface area contributed by atoms with Gasteiger partial charge in [0.25, 0.3) is 0 Å². The summed E-state index contributed by atoms with van der Waals surface area (Å²) in [4.78, 5) is 0. The van der Waals surface area contributed by atoms with Gasteiger partial charge in [0.2, 0.25) is 0 Å². The van der Waals surface area contributed by atoms with Crippen molar-refractivity contribution in [3.63, 3.8) is 0 Å². The van der Waals surface area contributed by atoms with Crippen molar-refractivity contribution in [3.05, 3.63) is 22.7 Å². The van der Waals surface area contributed by atoms with Crippen LogP contribution in [0.2, 0.25) is 0 Å². The maximum absolute atomic E-state index is 5.94. The smallest absolute Gasteiger partial charge is 0.0576 e. The molecule has 3 heteroatoms. The van der Waals surface area contributed by atoms with Crippen LogP contribution in [0.3, 0.4) is 0 Å². The van der Waals surface area contributed by atoms with Crippen molar-refractivity contribution < 1.29 is 0 Å². The van der Waals surface area contributed by atoms with Gasteiger partial charge in [0.1, 0.15) is 0 Å². The summed E-state index contributed by atoms with van der Waals surface area (Å²) < 4.78 is 1.02. The van der Waals surface area contributed by atoms with E-state index in [0.717, 1.165) is 21.8 Å². The normalized spacial score (nSPS) is 14.5. The third kappa shape index (κ3) is 4.05. The summed E-state index contributed by atoms with van der Waals surface area (Å²) in [6.07, 6.45) is 2.40. The van der Waals surface area contributed by atoms with Crippen molar-refractivity contribution in [2.24, 2.45) is 5.92 Å². The van der Waals surface area contributed by atoms with Gasteiger partial charge in [-0.05, 0) is 37.5 Å². The van der Waals surface area contributed by atoms with Gasteiger partial charge in [-0.15, -0.1) is 0 Å². The van der Waals surface area contributed by atoms with E-state index in [-0.39, 0.29) is 0 Å². The minimum Gasteiger partial charge on any atom is -0.397 e. The highest BCUT2D eigenvalue weighted by atomic mass is 79.9. The molecule has 0 radical (unpaired) electrons. The topological polar surface area (TPSA) is 38.0 Å². The van der Waals surface area contributed by atoms with Gasteiger partial charge in [0.15, 0.2) is 0 Å². The van der Waals surface area contributed by atoms with Gasteiger partial charge in [-0.3, -0.25) is 0 Å². The number of nitrogens with one attached hydrogen (secondary N) is 1. The Balaban J connectivity index is 2.59. The molecule has 0 aromatic heterocycles. The monoisotopic (exact) mass is 284 g/mol. The Morgan fingerprint density at radius 2 is 2.06 bits per heavy atom. The van der Waals surface area contributed by atoms with E-state index in [9.17, 15) is 0 Å². The Kier molecular flexibility index (Phi) is 5.13. The molecule has 0 heterocycles. The Hall–Kier alpha value is -0.700. The highest BCUT2D eigenvalue weighted by Crippen LogP contribution is 2.24. The van der Waals surface area contributed by atoms with Crippen molar-refractivity contribution in [2.45, 2.75) is 39.7 Å². The molecule has 1 aromatic rings. The zero-order valence-corrected chi connectivity index (χ0v) is 11.8. The molecule has 2 unspecified atom stereocenters. The minimum absolute atomic E-state index is 0.457. The number of hydrogen-bond acceptors (Lipinski definition) is 2. The maximum Gasteiger partial charge on any atom is 0.0576 e. The summed E-state index contributed by atoms with van der Waals surface area (Å²) in [6, 6.07) is 6.41. The molecule has 16 heavy (non-hydrogen) atoms. The van der Waals surface area contributed by atoms with Gasteiger partial charge in [0.05, 0.1) is 11.4 Å². The summed E-state index contributed by atoms with van der Waals surface area (Å²) in [5.74, 6) is 0.749. The summed E-state index contributed by atoms with van der Waals surface area (Å²) in [6.45, 7) is 6.71. The number of hydrogen-bond donors (Lipinski definition) is 2. The fourth-order valence-electron chi connectivity index (χ4n) is 1.76. The van der Waals surface area contributed by atoms with Crippen LogP contribution in [-0.4, -0.2) is 6.04 Å².